The number of alkyl halides is 4. The number of fused-ring (bicyclic) bond motifs is 1. The first-order valence-electron chi connectivity index (χ1n) is 12.3. The second-order valence-electron chi connectivity index (χ2n) is 9.33. The molecule has 0 fully saturated rings. The van der Waals surface area contributed by atoms with Gasteiger partial charge in [-0.25, -0.2) is 12.8 Å². The molecular formula is C29H26ClF4NO4S. The molecule has 1 aliphatic heterocycles. The third-order valence-corrected chi connectivity index (χ3v) is 8.48. The van der Waals surface area contributed by atoms with Gasteiger partial charge < -0.3 is 9.84 Å². The molecule has 1 unspecified atom stereocenters. The first kappa shape index (κ1) is 29.5. The molecule has 3 aromatic rings. The smallest absolute Gasteiger partial charge is 0.417 e. The van der Waals surface area contributed by atoms with Crippen molar-refractivity contribution in [1.29, 1.82) is 0 Å². The quantitative estimate of drug-likeness (QED) is 0.161. The number of hydrogen-bond donors (Lipinski definition) is 1. The Labute approximate surface area is 235 Å². The van der Waals surface area contributed by atoms with Gasteiger partial charge in [0.05, 0.1) is 28.5 Å². The molecule has 0 aromatic heterocycles. The maximum atomic E-state index is 14.0. The molecule has 40 heavy (non-hydrogen) atoms. The zero-order valence-corrected chi connectivity index (χ0v) is 22.9. The van der Waals surface area contributed by atoms with Crippen LogP contribution in [-0.2, 0) is 16.2 Å². The van der Waals surface area contributed by atoms with Crippen molar-refractivity contribution >= 4 is 39.5 Å². The molecule has 0 amide bonds. The summed E-state index contributed by atoms with van der Waals surface area (Å²) in [6.07, 6.45) is -3.57. The molecule has 3 aromatic carbocycles. The number of sulfonamides is 1. The third-order valence-electron chi connectivity index (χ3n) is 6.38. The Balaban J connectivity index is 1.77. The number of benzene rings is 3. The Morgan fingerprint density at radius 1 is 1.18 bits per heavy atom. The molecule has 0 radical (unpaired) electrons. The van der Waals surface area contributed by atoms with Crippen molar-refractivity contribution in [3.05, 3.63) is 100 Å². The molecule has 0 spiro atoms. The minimum atomic E-state index is -4.63. The van der Waals surface area contributed by atoms with Crippen molar-refractivity contribution in [1.82, 2.24) is 0 Å². The maximum absolute atomic E-state index is 14.0. The zero-order valence-electron chi connectivity index (χ0n) is 21.3. The molecule has 5 nitrogen and oxygen atoms in total. The van der Waals surface area contributed by atoms with Gasteiger partial charge in [0.2, 0.25) is 0 Å². The van der Waals surface area contributed by atoms with E-state index in [0.29, 0.717) is 5.56 Å². The lowest BCUT2D eigenvalue weighted by Crippen LogP contribution is -2.43. The molecular weight excluding hydrogens is 570 g/mol. The summed E-state index contributed by atoms with van der Waals surface area (Å²) in [5.74, 6) is 0.149. The summed E-state index contributed by atoms with van der Waals surface area (Å²) in [5, 5.41) is 9.45. The highest BCUT2D eigenvalue weighted by atomic mass is 35.5. The minimum Gasteiger partial charge on any atom is -0.513 e. The summed E-state index contributed by atoms with van der Waals surface area (Å²) in [7, 11) is -4.21. The van der Waals surface area contributed by atoms with Crippen LogP contribution in [0.25, 0.3) is 12.2 Å². The van der Waals surface area contributed by atoms with Crippen LogP contribution in [0.5, 0.6) is 5.75 Å². The number of aliphatic hydroxyl groups excluding tert-OH is 1. The molecule has 1 N–H and O–H groups in total. The second-order valence-corrected chi connectivity index (χ2v) is 11.6. The van der Waals surface area contributed by atoms with Gasteiger partial charge in [-0.3, -0.25) is 4.31 Å². The maximum Gasteiger partial charge on any atom is 0.417 e. The summed E-state index contributed by atoms with van der Waals surface area (Å²) < 4.78 is 89.3. The van der Waals surface area contributed by atoms with Crippen LogP contribution in [0, 0.1) is 0 Å². The fourth-order valence-corrected chi connectivity index (χ4v) is 6.11. The normalized spacial score (nSPS) is 16.4. The topological polar surface area (TPSA) is 66.8 Å². The summed E-state index contributed by atoms with van der Waals surface area (Å²) in [6, 6.07) is 13.6. The number of halogens is 5. The highest BCUT2D eigenvalue weighted by Crippen LogP contribution is 2.40. The van der Waals surface area contributed by atoms with Crippen LogP contribution in [0.4, 0.5) is 23.2 Å². The summed E-state index contributed by atoms with van der Waals surface area (Å²) in [5.41, 5.74) is -0.382. The molecule has 4 rings (SSSR count). The lowest BCUT2D eigenvalue weighted by Gasteiger charge is -2.36. The van der Waals surface area contributed by atoms with E-state index in [4.69, 9.17) is 16.3 Å². The van der Waals surface area contributed by atoms with E-state index in [2.05, 4.69) is 6.58 Å². The molecule has 2 atom stereocenters. The van der Waals surface area contributed by atoms with E-state index in [-0.39, 0.29) is 57.6 Å². The zero-order chi connectivity index (χ0) is 29.2. The SMILES string of the molecule is C=C(O)CC[C@H]1CN(S(=O)(=O)c2cccc(C(C)F)c2)c2cc(/C=C/c3c(Cl)cccc3C(F)(F)F)ccc2O1. The number of rotatable bonds is 8. The van der Waals surface area contributed by atoms with Crippen LogP contribution in [0.1, 0.15) is 48.2 Å². The lowest BCUT2D eigenvalue weighted by molar-refractivity contribution is -0.137. The van der Waals surface area contributed by atoms with Crippen LogP contribution in [0.2, 0.25) is 5.02 Å². The summed E-state index contributed by atoms with van der Waals surface area (Å²) in [6.45, 7) is 4.64. The van der Waals surface area contributed by atoms with Gasteiger partial charge in [0, 0.05) is 17.0 Å². The second kappa shape index (κ2) is 11.5. The number of nitrogens with zero attached hydrogens (tertiary/aromatic N) is 1. The van der Waals surface area contributed by atoms with E-state index in [1.165, 1.54) is 67.6 Å². The van der Waals surface area contributed by atoms with Gasteiger partial charge in [-0.1, -0.05) is 54.6 Å². The fraction of sp³-hybridized carbons (Fsp3) is 0.241. The molecule has 0 bridgehead atoms. The van der Waals surface area contributed by atoms with Crippen LogP contribution >= 0.6 is 11.6 Å². The van der Waals surface area contributed by atoms with Gasteiger partial charge in [0.1, 0.15) is 18.0 Å². The van der Waals surface area contributed by atoms with E-state index in [1.807, 2.05) is 0 Å². The van der Waals surface area contributed by atoms with Crippen molar-refractivity contribution in [2.45, 2.75) is 43.1 Å². The van der Waals surface area contributed by atoms with Gasteiger partial charge in [0.25, 0.3) is 10.0 Å². The van der Waals surface area contributed by atoms with Crippen LogP contribution in [0.15, 0.2) is 77.9 Å². The van der Waals surface area contributed by atoms with Crippen molar-refractivity contribution < 1.29 is 35.8 Å². The Hall–Kier alpha value is -3.50. The molecule has 11 heteroatoms. The number of allylic oxidation sites excluding steroid dienone is 1. The van der Waals surface area contributed by atoms with Gasteiger partial charge in [-0.2, -0.15) is 13.2 Å². The van der Waals surface area contributed by atoms with Crippen LogP contribution < -0.4 is 9.04 Å². The minimum absolute atomic E-state index is 0.0771. The van der Waals surface area contributed by atoms with E-state index in [1.54, 1.807) is 6.07 Å². The van der Waals surface area contributed by atoms with Gasteiger partial charge in [-0.15, -0.1) is 0 Å². The summed E-state index contributed by atoms with van der Waals surface area (Å²) in [4.78, 5) is -0.125. The molecule has 1 aliphatic rings. The van der Waals surface area contributed by atoms with Gasteiger partial charge in [-0.05, 0) is 60.9 Å². The molecule has 1 heterocycles. The number of hydrogen-bond acceptors (Lipinski definition) is 4. The van der Waals surface area contributed by atoms with Gasteiger partial charge >= 0.3 is 6.18 Å². The van der Waals surface area contributed by atoms with E-state index >= 15 is 0 Å². The standard InChI is InChI=1S/C29H26ClF4NO4S/c1-18(36)9-12-22-17-35(40(37,38)23-6-3-5-21(16-23)19(2)31)27-15-20(11-14-28(27)39-22)10-13-24-25(29(32,33)34)7-4-8-26(24)30/h3-8,10-11,13-16,19,22,36H,1,9,12,17H2,2H3/b13-10+/t19?,22-/m0/s1. The first-order chi connectivity index (χ1) is 18.8. The predicted octanol–water partition coefficient (Wildman–Crippen LogP) is 8.37. The monoisotopic (exact) mass is 595 g/mol. The molecule has 0 saturated heterocycles. The Bertz CT molecular complexity index is 1550. The molecule has 0 aliphatic carbocycles. The highest BCUT2D eigenvalue weighted by Gasteiger charge is 2.35. The largest absolute Gasteiger partial charge is 0.513 e. The van der Waals surface area contributed by atoms with Gasteiger partial charge in [0.15, 0.2) is 0 Å². The van der Waals surface area contributed by atoms with Crippen molar-refractivity contribution in [3.8, 4) is 5.75 Å². The van der Waals surface area contributed by atoms with E-state index < -0.39 is 34.0 Å². The average molecular weight is 596 g/mol. The molecule has 0 saturated carbocycles. The Kier molecular flexibility index (Phi) is 8.51. The van der Waals surface area contributed by atoms with Crippen LogP contribution in [0.3, 0.4) is 0 Å². The number of aliphatic hydroxyl groups is 1. The molecule has 212 valence electrons. The van der Waals surface area contributed by atoms with Crippen LogP contribution in [-0.4, -0.2) is 26.2 Å². The average Bonchev–Trinajstić information content (AvgIpc) is 2.90. The third kappa shape index (κ3) is 6.45. The highest BCUT2D eigenvalue weighted by molar-refractivity contribution is 7.92. The number of anilines is 1. The van der Waals surface area contributed by atoms with Crippen molar-refractivity contribution in [3.63, 3.8) is 0 Å². The lowest BCUT2D eigenvalue weighted by atomic mass is 10.0. The van der Waals surface area contributed by atoms with Crippen molar-refractivity contribution in [2.24, 2.45) is 0 Å². The van der Waals surface area contributed by atoms with Crippen molar-refractivity contribution in [2.75, 3.05) is 10.8 Å². The Morgan fingerprint density at radius 3 is 2.58 bits per heavy atom. The summed E-state index contributed by atoms with van der Waals surface area (Å²) >= 11 is 6.06. The first-order valence-corrected chi connectivity index (χ1v) is 14.1. The Morgan fingerprint density at radius 2 is 1.90 bits per heavy atom. The fourth-order valence-electron chi connectivity index (χ4n) is 4.32. The predicted molar refractivity (Wildman–Crippen MR) is 148 cm³/mol. The van der Waals surface area contributed by atoms with E-state index in [9.17, 15) is 31.1 Å². The number of ether oxygens (including phenoxy) is 1. The van der Waals surface area contributed by atoms with E-state index in [0.717, 1.165) is 10.4 Å².